The number of hydrogen-bond acceptors (Lipinski definition) is 6. The van der Waals surface area contributed by atoms with Crippen molar-refractivity contribution in [2.75, 3.05) is 6.61 Å². The van der Waals surface area contributed by atoms with Crippen molar-refractivity contribution in [1.29, 1.82) is 0 Å². The zero-order chi connectivity index (χ0) is 14.7. The molecule has 1 saturated carbocycles. The van der Waals surface area contributed by atoms with Crippen molar-refractivity contribution in [3.63, 3.8) is 0 Å². The summed E-state index contributed by atoms with van der Waals surface area (Å²) < 4.78 is 16.3. The molecule has 0 atom stereocenters. The number of aldehydes is 1. The zero-order valence-corrected chi connectivity index (χ0v) is 11.7. The lowest BCUT2D eigenvalue weighted by atomic mass is 10.2. The first-order valence-corrected chi connectivity index (χ1v) is 6.97. The van der Waals surface area contributed by atoms with Gasteiger partial charge in [0.1, 0.15) is 6.29 Å². The van der Waals surface area contributed by atoms with Crippen LogP contribution in [0.25, 0.3) is 0 Å². The maximum atomic E-state index is 10.8. The number of benzene rings is 1. The van der Waals surface area contributed by atoms with E-state index in [1.807, 2.05) is 6.92 Å². The number of carbonyl (C=O) groups is 1. The van der Waals surface area contributed by atoms with Crippen LogP contribution in [0.1, 0.15) is 47.8 Å². The van der Waals surface area contributed by atoms with Gasteiger partial charge >= 0.3 is 0 Å². The summed E-state index contributed by atoms with van der Waals surface area (Å²) in [5.74, 6) is 2.72. The van der Waals surface area contributed by atoms with Crippen molar-refractivity contribution in [1.82, 2.24) is 10.1 Å². The van der Waals surface area contributed by atoms with Crippen molar-refractivity contribution in [2.24, 2.45) is 0 Å². The second-order valence-electron chi connectivity index (χ2n) is 4.87. The molecule has 0 bridgehead atoms. The lowest BCUT2D eigenvalue weighted by Crippen LogP contribution is -2.01. The van der Waals surface area contributed by atoms with E-state index < -0.39 is 0 Å². The molecule has 0 amide bonds. The fourth-order valence-corrected chi connectivity index (χ4v) is 1.95. The van der Waals surface area contributed by atoms with E-state index in [4.69, 9.17) is 14.0 Å². The number of carbonyl (C=O) groups excluding carboxylic acids is 1. The van der Waals surface area contributed by atoms with Crippen molar-refractivity contribution >= 4 is 6.29 Å². The third kappa shape index (κ3) is 3.21. The highest BCUT2D eigenvalue weighted by Crippen LogP contribution is 2.38. The Hall–Kier alpha value is -2.37. The van der Waals surface area contributed by atoms with E-state index in [1.54, 1.807) is 18.2 Å². The van der Waals surface area contributed by atoms with Crippen molar-refractivity contribution in [3.8, 4) is 11.5 Å². The topological polar surface area (TPSA) is 74.5 Å². The Morgan fingerprint density at radius 2 is 2.19 bits per heavy atom. The molecule has 6 heteroatoms. The highest BCUT2D eigenvalue weighted by Gasteiger charge is 2.29. The summed E-state index contributed by atoms with van der Waals surface area (Å²) >= 11 is 0. The van der Waals surface area contributed by atoms with E-state index in [-0.39, 0.29) is 6.61 Å². The molecule has 0 spiro atoms. The van der Waals surface area contributed by atoms with Gasteiger partial charge in [0.25, 0.3) is 0 Å². The summed E-state index contributed by atoms with van der Waals surface area (Å²) in [4.78, 5) is 15.1. The molecule has 0 saturated heterocycles. The standard InChI is InChI=1S/C15H16N2O4/c1-2-19-13-7-10(8-18)3-6-12(13)20-9-14-16-15(21-17-14)11-4-5-11/h3,6-8,11H,2,4-5,9H2,1H3. The first-order chi connectivity index (χ1) is 10.3. The van der Waals surface area contributed by atoms with Gasteiger partial charge in [-0.05, 0) is 38.0 Å². The van der Waals surface area contributed by atoms with Crippen molar-refractivity contribution in [3.05, 3.63) is 35.5 Å². The van der Waals surface area contributed by atoms with E-state index in [9.17, 15) is 4.79 Å². The van der Waals surface area contributed by atoms with Crippen LogP contribution < -0.4 is 9.47 Å². The van der Waals surface area contributed by atoms with Gasteiger partial charge in [0.2, 0.25) is 11.7 Å². The molecule has 0 radical (unpaired) electrons. The van der Waals surface area contributed by atoms with E-state index in [0.29, 0.717) is 41.3 Å². The minimum Gasteiger partial charge on any atom is -0.490 e. The first kappa shape index (κ1) is 13.6. The Morgan fingerprint density at radius 1 is 1.33 bits per heavy atom. The molecular formula is C15H16N2O4. The summed E-state index contributed by atoms with van der Waals surface area (Å²) in [6, 6.07) is 5.03. The molecule has 1 aromatic carbocycles. The van der Waals surface area contributed by atoms with Gasteiger partial charge in [-0.1, -0.05) is 5.16 Å². The molecule has 1 aliphatic carbocycles. The van der Waals surface area contributed by atoms with Crippen LogP contribution in [0.3, 0.4) is 0 Å². The van der Waals surface area contributed by atoms with Gasteiger partial charge in [0.15, 0.2) is 18.1 Å². The molecule has 1 fully saturated rings. The molecular weight excluding hydrogens is 272 g/mol. The lowest BCUT2D eigenvalue weighted by Gasteiger charge is -2.10. The maximum Gasteiger partial charge on any atom is 0.229 e. The predicted octanol–water partition coefficient (Wildman–Crippen LogP) is 2.74. The van der Waals surface area contributed by atoms with Gasteiger partial charge in [-0.25, -0.2) is 0 Å². The van der Waals surface area contributed by atoms with E-state index >= 15 is 0 Å². The average Bonchev–Trinajstić information content (AvgIpc) is 3.25. The minimum atomic E-state index is 0.205. The highest BCUT2D eigenvalue weighted by atomic mass is 16.5. The molecule has 0 unspecified atom stereocenters. The van der Waals surface area contributed by atoms with Crippen molar-refractivity contribution in [2.45, 2.75) is 32.3 Å². The maximum absolute atomic E-state index is 10.8. The number of aromatic nitrogens is 2. The monoisotopic (exact) mass is 288 g/mol. The number of hydrogen-bond donors (Lipinski definition) is 0. The van der Waals surface area contributed by atoms with E-state index in [1.165, 1.54) is 0 Å². The van der Waals surface area contributed by atoms with Crippen LogP contribution in [0, 0.1) is 0 Å². The third-order valence-electron chi connectivity index (χ3n) is 3.17. The lowest BCUT2D eigenvalue weighted by molar-refractivity contribution is 0.112. The van der Waals surface area contributed by atoms with Crippen LogP contribution >= 0.6 is 0 Å². The third-order valence-corrected chi connectivity index (χ3v) is 3.17. The van der Waals surface area contributed by atoms with Crippen LogP contribution in [0.15, 0.2) is 22.7 Å². The van der Waals surface area contributed by atoms with Crippen LogP contribution in [-0.2, 0) is 6.61 Å². The quantitative estimate of drug-likeness (QED) is 0.729. The predicted molar refractivity (Wildman–Crippen MR) is 73.6 cm³/mol. The van der Waals surface area contributed by atoms with Gasteiger partial charge in [0, 0.05) is 11.5 Å². The van der Waals surface area contributed by atoms with Gasteiger partial charge in [-0.2, -0.15) is 4.98 Å². The summed E-state index contributed by atoms with van der Waals surface area (Å²) in [6.07, 6.45) is 3.00. The van der Waals surface area contributed by atoms with Gasteiger partial charge in [-0.15, -0.1) is 0 Å². The molecule has 1 aromatic heterocycles. The summed E-state index contributed by atoms with van der Waals surface area (Å²) in [5.41, 5.74) is 0.543. The summed E-state index contributed by atoms with van der Waals surface area (Å²) in [5, 5.41) is 3.89. The average molecular weight is 288 g/mol. The summed E-state index contributed by atoms with van der Waals surface area (Å²) in [7, 11) is 0. The van der Waals surface area contributed by atoms with Crippen molar-refractivity contribution < 1.29 is 18.8 Å². The smallest absolute Gasteiger partial charge is 0.229 e. The molecule has 3 rings (SSSR count). The number of ether oxygens (including phenoxy) is 2. The molecule has 1 heterocycles. The molecule has 6 nitrogen and oxygen atoms in total. The molecule has 1 aliphatic rings. The zero-order valence-electron chi connectivity index (χ0n) is 11.7. The number of rotatable bonds is 7. The Bertz CT molecular complexity index is 634. The van der Waals surface area contributed by atoms with Gasteiger partial charge in [0.05, 0.1) is 6.61 Å². The largest absolute Gasteiger partial charge is 0.490 e. The van der Waals surface area contributed by atoms with E-state index in [0.717, 1.165) is 19.1 Å². The van der Waals surface area contributed by atoms with Gasteiger partial charge in [-0.3, -0.25) is 4.79 Å². The fourth-order valence-electron chi connectivity index (χ4n) is 1.95. The van der Waals surface area contributed by atoms with Crippen LogP contribution in [0.4, 0.5) is 0 Å². The molecule has 0 N–H and O–H groups in total. The Morgan fingerprint density at radius 3 is 2.90 bits per heavy atom. The highest BCUT2D eigenvalue weighted by molar-refractivity contribution is 5.76. The molecule has 110 valence electrons. The molecule has 0 aliphatic heterocycles. The first-order valence-electron chi connectivity index (χ1n) is 6.97. The molecule has 2 aromatic rings. The fraction of sp³-hybridized carbons (Fsp3) is 0.400. The number of nitrogens with zero attached hydrogens (tertiary/aromatic N) is 2. The Kier molecular flexibility index (Phi) is 3.85. The summed E-state index contributed by atoms with van der Waals surface area (Å²) in [6.45, 7) is 2.57. The Labute approximate surface area is 122 Å². The van der Waals surface area contributed by atoms with Crippen LogP contribution in [-0.4, -0.2) is 23.0 Å². The van der Waals surface area contributed by atoms with Crippen LogP contribution in [0.5, 0.6) is 11.5 Å². The minimum absolute atomic E-state index is 0.205. The second-order valence-corrected chi connectivity index (χ2v) is 4.87. The van der Waals surface area contributed by atoms with Crippen LogP contribution in [0.2, 0.25) is 0 Å². The normalized spacial score (nSPS) is 14.0. The molecule has 21 heavy (non-hydrogen) atoms. The second kappa shape index (κ2) is 5.95. The van der Waals surface area contributed by atoms with E-state index in [2.05, 4.69) is 10.1 Å². The van der Waals surface area contributed by atoms with Gasteiger partial charge < -0.3 is 14.0 Å². The Balaban J connectivity index is 1.69. The SMILES string of the molecule is CCOc1cc(C=O)ccc1OCc1noc(C2CC2)n1.